The summed E-state index contributed by atoms with van der Waals surface area (Å²) in [5.74, 6) is -0.821. The van der Waals surface area contributed by atoms with Crippen molar-refractivity contribution in [3.8, 4) is 0 Å². The van der Waals surface area contributed by atoms with E-state index in [4.69, 9.17) is 4.74 Å². The third kappa shape index (κ3) is 4.72. The maximum Gasteiger partial charge on any atom is 0.413 e. The van der Waals surface area contributed by atoms with Crippen molar-refractivity contribution in [1.82, 2.24) is 16.0 Å². The average Bonchev–Trinajstić information content (AvgIpc) is 3.26. The molecule has 3 aliphatic rings. The highest BCUT2D eigenvalue weighted by molar-refractivity contribution is 8.04. The number of nitrogens with zero attached hydrogens (tertiary/aromatic N) is 1. The SMILES string of the molecule is CCOC(=O)NC(=O)C1CC(F)SC1NC(=O)C1NC2=C(C=CC[N+]2(C)CC)S1. The number of likely N-dealkylation sites (N-methyl/N-ethyl adjacent to an activating group) is 1. The second-order valence-electron chi connectivity index (χ2n) is 7.18. The normalized spacial score (nSPS) is 33.1. The van der Waals surface area contributed by atoms with Crippen LogP contribution in [-0.4, -0.2) is 65.4 Å². The summed E-state index contributed by atoms with van der Waals surface area (Å²) >= 11 is 2.29. The Morgan fingerprint density at radius 1 is 1.34 bits per heavy atom. The number of alkyl carbamates (subject to hydrolysis) is 1. The molecule has 3 amide bonds. The quantitative estimate of drug-likeness (QED) is 0.554. The predicted octanol–water partition coefficient (Wildman–Crippen LogP) is 1.62. The molecule has 160 valence electrons. The molecule has 0 bridgehead atoms. The molecule has 11 heteroatoms. The first kappa shape index (κ1) is 22.0. The molecule has 0 spiro atoms. The van der Waals surface area contributed by atoms with Crippen molar-refractivity contribution in [2.24, 2.45) is 5.92 Å². The number of hydrogen-bond donors (Lipinski definition) is 3. The van der Waals surface area contributed by atoms with Crippen LogP contribution in [0.25, 0.3) is 0 Å². The van der Waals surface area contributed by atoms with Crippen LogP contribution in [-0.2, 0) is 14.3 Å². The molecule has 0 saturated carbocycles. The number of ether oxygens (including phenoxy) is 1. The lowest BCUT2D eigenvalue weighted by Crippen LogP contribution is -2.52. The number of nitrogens with one attached hydrogen (secondary N) is 3. The number of imide groups is 1. The van der Waals surface area contributed by atoms with Crippen LogP contribution in [0.4, 0.5) is 9.18 Å². The number of halogens is 1. The van der Waals surface area contributed by atoms with E-state index in [0.29, 0.717) is 4.48 Å². The smallest absolute Gasteiger partial charge is 0.413 e. The Kier molecular flexibility index (Phi) is 6.79. The first-order chi connectivity index (χ1) is 13.8. The summed E-state index contributed by atoms with van der Waals surface area (Å²) in [6.07, 6.45) is 3.15. The van der Waals surface area contributed by atoms with E-state index in [1.54, 1.807) is 6.92 Å². The van der Waals surface area contributed by atoms with Crippen molar-refractivity contribution in [3.63, 3.8) is 0 Å². The Labute approximate surface area is 177 Å². The molecule has 0 aromatic heterocycles. The highest BCUT2D eigenvalue weighted by atomic mass is 32.2. The average molecular weight is 446 g/mol. The molecule has 0 aromatic rings. The Morgan fingerprint density at radius 3 is 2.79 bits per heavy atom. The summed E-state index contributed by atoms with van der Waals surface area (Å²) in [5.41, 5.74) is -1.29. The van der Waals surface area contributed by atoms with E-state index in [2.05, 4.69) is 36.0 Å². The summed E-state index contributed by atoms with van der Waals surface area (Å²) in [6, 6.07) is 0. The molecular weight excluding hydrogens is 419 g/mol. The number of allylic oxidation sites excluding steroid dienone is 1. The largest absolute Gasteiger partial charge is 0.450 e. The van der Waals surface area contributed by atoms with E-state index >= 15 is 0 Å². The number of quaternary nitrogens is 1. The van der Waals surface area contributed by atoms with Gasteiger partial charge in [0.15, 0.2) is 5.37 Å². The minimum Gasteiger partial charge on any atom is -0.450 e. The van der Waals surface area contributed by atoms with Crippen molar-refractivity contribution in [3.05, 3.63) is 22.9 Å². The summed E-state index contributed by atoms with van der Waals surface area (Å²) in [6.45, 7) is 5.55. The Hall–Kier alpha value is -1.72. The molecule has 1 saturated heterocycles. The molecule has 0 radical (unpaired) electrons. The standard InChI is InChI=1S/C18H25FN4O4S2/c1-4-23(3)8-6-7-11-13(23)20-17(28-11)15(25)21-16-10(9-12(19)29-16)14(24)22-18(26)27-5-2/h6-7,10,12,16-17,20H,4-5,8-9H2,1-3H3,(H-,21,22,24,25,26)/p+1. The second kappa shape index (κ2) is 8.97. The first-order valence-corrected chi connectivity index (χ1v) is 11.4. The number of thioether (sulfide) groups is 2. The van der Waals surface area contributed by atoms with Gasteiger partial charge in [0.05, 0.1) is 36.4 Å². The second-order valence-corrected chi connectivity index (χ2v) is 9.62. The fraction of sp³-hybridized carbons (Fsp3) is 0.611. The summed E-state index contributed by atoms with van der Waals surface area (Å²) in [5, 5.41) is 6.85. The van der Waals surface area contributed by atoms with Crippen LogP contribution in [0.3, 0.4) is 0 Å². The van der Waals surface area contributed by atoms with E-state index in [-0.39, 0.29) is 18.9 Å². The molecule has 5 atom stereocenters. The lowest BCUT2D eigenvalue weighted by molar-refractivity contribution is -0.868. The number of amides is 3. The molecule has 3 aliphatic heterocycles. The fourth-order valence-corrected chi connectivity index (χ4v) is 5.84. The van der Waals surface area contributed by atoms with Crippen molar-refractivity contribution in [1.29, 1.82) is 0 Å². The van der Waals surface area contributed by atoms with Gasteiger partial charge >= 0.3 is 6.09 Å². The van der Waals surface area contributed by atoms with E-state index in [1.807, 2.05) is 6.08 Å². The number of alkyl halides is 1. The minimum absolute atomic E-state index is 0.0750. The molecule has 3 N–H and O–H groups in total. The Morgan fingerprint density at radius 2 is 2.10 bits per heavy atom. The molecule has 0 aromatic carbocycles. The lowest BCUT2D eigenvalue weighted by Gasteiger charge is -2.34. The van der Waals surface area contributed by atoms with Gasteiger partial charge < -0.3 is 15.4 Å². The summed E-state index contributed by atoms with van der Waals surface area (Å²) in [4.78, 5) is 37.7. The third-order valence-electron chi connectivity index (χ3n) is 5.22. The molecule has 5 unspecified atom stereocenters. The van der Waals surface area contributed by atoms with Crippen molar-refractivity contribution in [2.45, 2.75) is 36.5 Å². The van der Waals surface area contributed by atoms with Gasteiger partial charge in [-0.15, -0.1) is 0 Å². The Balaban J connectivity index is 1.62. The van der Waals surface area contributed by atoms with E-state index in [1.165, 1.54) is 11.8 Å². The zero-order valence-corrected chi connectivity index (χ0v) is 18.2. The maximum absolute atomic E-state index is 14.0. The van der Waals surface area contributed by atoms with Crippen molar-refractivity contribution in [2.75, 3.05) is 26.7 Å². The highest BCUT2D eigenvalue weighted by Gasteiger charge is 2.44. The van der Waals surface area contributed by atoms with Gasteiger partial charge in [0.1, 0.15) is 12.0 Å². The van der Waals surface area contributed by atoms with E-state index in [0.717, 1.165) is 35.6 Å². The highest BCUT2D eigenvalue weighted by Crippen LogP contribution is 2.40. The topological polar surface area (TPSA) is 96.5 Å². The van der Waals surface area contributed by atoms with Gasteiger partial charge in [-0.2, -0.15) is 0 Å². The van der Waals surface area contributed by atoms with Gasteiger partial charge in [0.2, 0.25) is 11.7 Å². The zero-order chi connectivity index (χ0) is 21.2. The fourth-order valence-electron chi connectivity index (χ4n) is 3.43. The summed E-state index contributed by atoms with van der Waals surface area (Å²) in [7, 11) is 2.10. The molecule has 8 nitrogen and oxygen atoms in total. The molecule has 3 rings (SSSR count). The molecular formula is C18H26FN4O4S2+. The van der Waals surface area contributed by atoms with E-state index in [9.17, 15) is 18.8 Å². The van der Waals surface area contributed by atoms with Gasteiger partial charge in [-0.3, -0.25) is 19.4 Å². The van der Waals surface area contributed by atoms with Gasteiger partial charge in [-0.05, 0) is 26.0 Å². The Bertz CT molecular complexity index is 762. The van der Waals surface area contributed by atoms with Gasteiger partial charge in [0.25, 0.3) is 5.91 Å². The molecule has 29 heavy (non-hydrogen) atoms. The van der Waals surface area contributed by atoms with Gasteiger partial charge in [0, 0.05) is 6.42 Å². The maximum atomic E-state index is 14.0. The molecule has 3 heterocycles. The van der Waals surface area contributed by atoms with Crippen LogP contribution in [0, 0.1) is 5.92 Å². The van der Waals surface area contributed by atoms with Crippen LogP contribution < -0.4 is 16.0 Å². The predicted molar refractivity (Wildman–Crippen MR) is 110 cm³/mol. The van der Waals surface area contributed by atoms with E-state index < -0.39 is 34.2 Å². The van der Waals surface area contributed by atoms with Gasteiger partial charge in [-0.25, -0.2) is 9.18 Å². The zero-order valence-electron chi connectivity index (χ0n) is 16.6. The number of rotatable bonds is 5. The van der Waals surface area contributed by atoms with Crippen LogP contribution in [0.1, 0.15) is 20.3 Å². The van der Waals surface area contributed by atoms with Crippen LogP contribution in [0.15, 0.2) is 22.9 Å². The van der Waals surface area contributed by atoms with Crippen molar-refractivity contribution < 1.29 is 28.0 Å². The van der Waals surface area contributed by atoms with Gasteiger partial charge in [-0.1, -0.05) is 23.5 Å². The molecule has 0 aliphatic carbocycles. The first-order valence-electron chi connectivity index (χ1n) is 9.54. The van der Waals surface area contributed by atoms with Crippen LogP contribution in [0.5, 0.6) is 0 Å². The monoisotopic (exact) mass is 445 g/mol. The van der Waals surface area contributed by atoms with Crippen LogP contribution >= 0.6 is 23.5 Å². The molecule has 1 fully saturated rings. The lowest BCUT2D eigenvalue weighted by atomic mass is 10.1. The van der Waals surface area contributed by atoms with Crippen molar-refractivity contribution >= 4 is 41.4 Å². The third-order valence-corrected chi connectivity index (χ3v) is 7.60. The van der Waals surface area contributed by atoms with Crippen LogP contribution in [0.2, 0.25) is 0 Å². The summed E-state index contributed by atoms with van der Waals surface area (Å²) < 4.78 is 19.3. The number of carbonyl (C=O) groups is 3. The number of carbonyl (C=O) groups excluding carboxylic acids is 3. The number of hydrogen-bond acceptors (Lipinski definition) is 7. The minimum atomic E-state index is -1.29.